The minimum absolute atomic E-state index is 0.149. The zero-order valence-corrected chi connectivity index (χ0v) is 10.8. The Labute approximate surface area is 106 Å². The molecule has 0 N–H and O–H groups in total. The number of esters is 1. The van der Waals surface area contributed by atoms with Crippen LogP contribution in [0.15, 0.2) is 18.2 Å². The summed E-state index contributed by atoms with van der Waals surface area (Å²) in [6.45, 7) is 3.06. The summed E-state index contributed by atoms with van der Waals surface area (Å²) < 4.78 is 5.11. The summed E-state index contributed by atoms with van der Waals surface area (Å²) in [7, 11) is 1.99. The minimum atomic E-state index is -0.181. The zero-order valence-electron chi connectivity index (χ0n) is 10.1. The van der Waals surface area contributed by atoms with Crippen LogP contribution >= 0.6 is 11.6 Å². The van der Waals surface area contributed by atoms with Gasteiger partial charge >= 0.3 is 5.97 Å². The molecule has 0 amide bonds. The number of rotatable bonds is 2. The lowest BCUT2D eigenvalue weighted by Crippen LogP contribution is -2.31. The molecule has 1 atom stereocenters. The van der Waals surface area contributed by atoms with Crippen molar-refractivity contribution in [3.05, 3.63) is 28.8 Å². The Bertz CT molecular complexity index is 433. The molecular weight excluding hydrogens is 238 g/mol. The first-order chi connectivity index (χ1) is 8.15. The molecule has 0 saturated carbocycles. The van der Waals surface area contributed by atoms with Crippen molar-refractivity contribution in [3.8, 4) is 0 Å². The highest BCUT2D eigenvalue weighted by molar-refractivity contribution is 6.33. The smallest absolute Gasteiger partial charge is 0.313 e. The van der Waals surface area contributed by atoms with Gasteiger partial charge in [-0.05, 0) is 25.0 Å². The molecule has 1 aromatic carbocycles. The van der Waals surface area contributed by atoms with Crippen LogP contribution in [0.1, 0.15) is 24.8 Å². The molecule has 1 aliphatic heterocycles. The molecular formula is C13H16ClNO2. The van der Waals surface area contributed by atoms with Crippen molar-refractivity contribution >= 4 is 23.3 Å². The van der Waals surface area contributed by atoms with Gasteiger partial charge in [0.1, 0.15) is 0 Å². The summed E-state index contributed by atoms with van der Waals surface area (Å²) in [6, 6.07) is 5.69. The van der Waals surface area contributed by atoms with Crippen molar-refractivity contribution in [1.82, 2.24) is 0 Å². The zero-order chi connectivity index (χ0) is 12.4. The SMILES string of the molecule is CCOC(=O)C1CCN(C)c2c(Cl)cccc21. The quantitative estimate of drug-likeness (QED) is 0.759. The molecule has 1 aromatic rings. The number of benzene rings is 1. The molecule has 0 spiro atoms. The van der Waals surface area contributed by atoms with E-state index in [2.05, 4.69) is 4.90 Å². The van der Waals surface area contributed by atoms with Crippen molar-refractivity contribution in [2.45, 2.75) is 19.3 Å². The number of nitrogens with zero attached hydrogens (tertiary/aromatic N) is 1. The van der Waals surface area contributed by atoms with Crippen LogP contribution in [0.2, 0.25) is 5.02 Å². The van der Waals surface area contributed by atoms with Crippen LogP contribution in [0.4, 0.5) is 5.69 Å². The van der Waals surface area contributed by atoms with E-state index < -0.39 is 0 Å². The maximum Gasteiger partial charge on any atom is 0.313 e. The summed E-state index contributed by atoms with van der Waals surface area (Å²) in [5, 5.41) is 0.694. The van der Waals surface area contributed by atoms with E-state index in [1.54, 1.807) is 0 Å². The molecule has 0 aromatic heterocycles. The molecule has 0 aliphatic carbocycles. The Morgan fingerprint density at radius 3 is 3.06 bits per heavy atom. The molecule has 92 valence electrons. The monoisotopic (exact) mass is 253 g/mol. The molecule has 0 radical (unpaired) electrons. The number of carbonyl (C=O) groups excluding carboxylic acids is 1. The van der Waals surface area contributed by atoms with Gasteiger partial charge in [0.15, 0.2) is 0 Å². The summed E-state index contributed by atoms with van der Waals surface area (Å²) >= 11 is 6.19. The standard InChI is InChI=1S/C13H16ClNO2/c1-3-17-13(16)10-7-8-15(2)12-9(10)5-4-6-11(12)14/h4-6,10H,3,7-8H2,1-2H3. The lowest BCUT2D eigenvalue weighted by atomic mass is 9.90. The number of carbonyl (C=O) groups is 1. The second kappa shape index (κ2) is 4.96. The summed E-state index contributed by atoms with van der Waals surface area (Å²) in [5.74, 6) is -0.330. The Balaban J connectivity index is 2.39. The van der Waals surface area contributed by atoms with Crippen LogP contribution < -0.4 is 4.90 Å². The molecule has 0 bridgehead atoms. The molecule has 0 fully saturated rings. The summed E-state index contributed by atoms with van der Waals surface area (Å²) in [5.41, 5.74) is 1.93. The van der Waals surface area contributed by atoms with E-state index >= 15 is 0 Å². The molecule has 1 unspecified atom stereocenters. The number of halogens is 1. The van der Waals surface area contributed by atoms with Crippen molar-refractivity contribution in [1.29, 1.82) is 0 Å². The summed E-state index contributed by atoms with van der Waals surface area (Å²) in [4.78, 5) is 14.0. The number of hydrogen-bond acceptors (Lipinski definition) is 3. The van der Waals surface area contributed by atoms with Gasteiger partial charge in [-0.3, -0.25) is 4.79 Å². The molecule has 4 heteroatoms. The van der Waals surface area contributed by atoms with Crippen LogP contribution in [-0.2, 0) is 9.53 Å². The van der Waals surface area contributed by atoms with Crippen molar-refractivity contribution in [3.63, 3.8) is 0 Å². The number of ether oxygens (including phenoxy) is 1. The highest BCUT2D eigenvalue weighted by atomic mass is 35.5. The van der Waals surface area contributed by atoms with Crippen LogP contribution in [0.25, 0.3) is 0 Å². The van der Waals surface area contributed by atoms with E-state index in [1.165, 1.54) is 0 Å². The molecule has 3 nitrogen and oxygen atoms in total. The second-order valence-electron chi connectivity index (χ2n) is 4.19. The first kappa shape index (κ1) is 12.2. The average Bonchev–Trinajstić information content (AvgIpc) is 2.29. The number of para-hydroxylation sites is 1. The Morgan fingerprint density at radius 2 is 2.35 bits per heavy atom. The van der Waals surface area contributed by atoms with Gasteiger partial charge in [-0.15, -0.1) is 0 Å². The van der Waals surface area contributed by atoms with Gasteiger partial charge in [-0.1, -0.05) is 23.7 Å². The molecule has 1 heterocycles. The van der Waals surface area contributed by atoms with E-state index in [1.807, 2.05) is 32.2 Å². The molecule has 0 saturated heterocycles. The normalized spacial score (nSPS) is 18.8. The van der Waals surface area contributed by atoms with Crippen LogP contribution in [0.5, 0.6) is 0 Å². The Kier molecular flexibility index (Phi) is 3.57. The van der Waals surface area contributed by atoms with E-state index in [0.29, 0.717) is 11.6 Å². The minimum Gasteiger partial charge on any atom is -0.466 e. The van der Waals surface area contributed by atoms with Crippen LogP contribution in [0, 0.1) is 0 Å². The van der Waals surface area contributed by atoms with Crippen molar-refractivity contribution in [2.24, 2.45) is 0 Å². The number of fused-ring (bicyclic) bond motifs is 1. The fourth-order valence-corrected chi connectivity index (χ4v) is 2.62. The maximum absolute atomic E-state index is 11.9. The lowest BCUT2D eigenvalue weighted by Gasteiger charge is -2.32. The molecule has 2 rings (SSSR count). The highest BCUT2D eigenvalue weighted by Crippen LogP contribution is 2.39. The predicted octanol–water partition coefficient (Wildman–Crippen LogP) is 2.83. The van der Waals surface area contributed by atoms with Crippen molar-refractivity contribution < 1.29 is 9.53 Å². The van der Waals surface area contributed by atoms with Gasteiger partial charge in [0.25, 0.3) is 0 Å². The average molecular weight is 254 g/mol. The topological polar surface area (TPSA) is 29.5 Å². The number of hydrogen-bond donors (Lipinski definition) is 0. The van der Waals surface area contributed by atoms with Crippen LogP contribution in [0.3, 0.4) is 0 Å². The fraction of sp³-hybridized carbons (Fsp3) is 0.462. The van der Waals surface area contributed by atoms with Gasteiger partial charge in [0.2, 0.25) is 0 Å². The van der Waals surface area contributed by atoms with Crippen molar-refractivity contribution in [2.75, 3.05) is 25.1 Å². The third-order valence-electron chi connectivity index (χ3n) is 3.10. The predicted molar refractivity (Wildman–Crippen MR) is 68.7 cm³/mol. The number of anilines is 1. The van der Waals surface area contributed by atoms with Crippen LogP contribution in [-0.4, -0.2) is 26.2 Å². The van der Waals surface area contributed by atoms with E-state index in [-0.39, 0.29) is 11.9 Å². The largest absolute Gasteiger partial charge is 0.466 e. The van der Waals surface area contributed by atoms with E-state index in [9.17, 15) is 4.79 Å². The summed E-state index contributed by atoms with van der Waals surface area (Å²) in [6.07, 6.45) is 0.780. The Morgan fingerprint density at radius 1 is 1.59 bits per heavy atom. The van der Waals surface area contributed by atoms with E-state index in [4.69, 9.17) is 16.3 Å². The first-order valence-electron chi connectivity index (χ1n) is 5.81. The van der Waals surface area contributed by atoms with Gasteiger partial charge in [0.05, 0.1) is 23.2 Å². The molecule has 17 heavy (non-hydrogen) atoms. The third kappa shape index (κ3) is 2.25. The van der Waals surface area contributed by atoms with E-state index in [0.717, 1.165) is 24.2 Å². The molecule has 1 aliphatic rings. The van der Waals surface area contributed by atoms with Gasteiger partial charge in [0, 0.05) is 13.6 Å². The van der Waals surface area contributed by atoms with Gasteiger partial charge in [-0.25, -0.2) is 0 Å². The second-order valence-corrected chi connectivity index (χ2v) is 4.60. The van der Waals surface area contributed by atoms with Gasteiger partial charge in [-0.2, -0.15) is 0 Å². The lowest BCUT2D eigenvalue weighted by molar-refractivity contribution is -0.145. The van der Waals surface area contributed by atoms with Gasteiger partial charge < -0.3 is 9.64 Å². The highest BCUT2D eigenvalue weighted by Gasteiger charge is 2.30. The third-order valence-corrected chi connectivity index (χ3v) is 3.40. The fourth-order valence-electron chi connectivity index (χ4n) is 2.29. The first-order valence-corrected chi connectivity index (χ1v) is 6.19. The maximum atomic E-state index is 11.9. The Hall–Kier alpha value is -1.22.